The number of amides is 2. The number of piperidine rings is 1. The fourth-order valence-electron chi connectivity index (χ4n) is 3.54. The first-order valence-electron chi connectivity index (χ1n) is 9.17. The summed E-state index contributed by atoms with van der Waals surface area (Å²) in [6.45, 7) is 9.77. The van der Waals surface area contributed by atoms with E-state index in [0.29, 0.717) is 11.8 Å². The molecule has 2 N–H and O–H groups in total. The molecule has 1 aliphatic rings. The molecule has 134 valence electrons. The lowest BCUT2D eigenvalue weighted by Crippen LogP contribution is -2.47. The van der Waals surface area contributed by atoms with Crippen LogP contribution < -0.4 is 5.32 Å². The SMILES string of the molecule is Cc1ccccc1C(CC(C)C)NC(=O)N1CCC(C(C)O)CC1. The monoisotopic (exact) mass is 332 g/mol. The molecule has 2 unspecified atom stereocenters. The Kier molecular flexibility index (Phi) is 6.67. The molecule has 2 rings (SSSR count). The zero-order chi connectivity index (χ0) is 17.7. The Morgan fingerprint density at radius 1 is 1.25 bits per heavy atom. The van der Waals surface area contributed by atoms with Crippen LogP contribution in [0.1, 0.15) is 57.2 Å². The van der Waals surface area contributed by atoms with Gasteiger partial charge in [0.05, 0.1) is 12.1 Å². The van der Waals surface area contributed by atoms with Crippen LogP contribution in [0.25, 0.3) is 0 Å². The molecule has 2 atom stereocenters. The van der Waals surface area contributed by atoms with Crippen LogP contribution in [-0.2, 0) is 0 Å². The van der Waals surface area contributed by atoms with Gasteiger partial charge in [-0.15, -0.1) is 0 Å². The minimum atomic E-state index is -0.282. The van der Waals surface area contributed by atoms with Crippen molar-refractivity contribution < 1.29 is 9.90 Å². The van der Waals surface area contributed by atoms with Gasteiger partial charge in [0.2, 0.25) is 0 Å². The first-order valence-corrected chi connectivity index (χ1v) is 9.17. The van der Waals surface area contributed by atoms with E-state index in [1.807, 2.05) is 24.0 Å². The topological polar surface area (TPSA) is 52.6 Å². The predicted molar refractivity (Wildman–Crippen MR) is 97.9 cm³/mol. The van der Waals surface area contributed by atoms with Gasteiger partial charge in [-0.25, -0.2) is 4.79 Å². The number of aliphatic hydroxyl groups excluding tert-OH is 1. The molecule has 2 amide bonds. The molecular weight excluding hydrogens is 300 g/mol. The quantitative estimate of drug-likeness (QED) is 0.859. The summed E-state index contributed by atoms with van der Waals surface area (Å²) in [5.41, 5.74) is 2.43. The number of hydrogen-bond donors (Lipinski definition) is 2. The third-order valence-electron chi connectivity index (χ3n) is 5.08. The molecule has 0 spiro atoms. The maximum absolute atomic E-state index is 12.7. The molecule has 0 radical (unpaired) electrons. The largest absolute Gasteiger partial charge is 0.393 e. The minimum absolute atomic E-state index is 0.0212. The summed E-state index contributed by atoms with van der Waals surface area (Å²) in [4.78, 5) is 14.6. The van der Waals surface area contributed by atoms with E-state index in [-0.39, 0.29) is 18.2 Å². The van der Waals surface area contributed by atoms with Crippen molar-refractivity contribution in [2.45, 2.75) is 59.1 Å². The van der Waals surface area contributed by atoms with Crippen LogP contribution >= 0.6 is 0 Å². The van der Waals surface area contributed by atoms with Gasteiger partial charge in [-0.2, -0.15) is 0 Å². The Morgan fingerprint density at radius 2 is 1.88 bits per heavy atom. The van der Waals surface area contributed by atoms with Crippen LogP contribution in [-0.4, -0.2) is 35.2 Å². The van der Waals surface area contributed by atoms with Gasteiger partial charge in [0.15, 0.2) is 0 Å². The summed E-state index contributed by atoms with van der Waals surface area (Å²) in [6, 6.07) is 8.36. The number of likely N-dealkylation sites (tertiary alicyclic amines) is 1. The molecule has 0 bridgehead atoms. The van der Waals surface area contributed by atoms with E-state index < -0.39 is 0 Å². The highest BCUT2D eigenvalue weighted by Gasteiger charge is 2.27. The number of hydrogen-bond acceptors (Lipinski definition) is 2. The number of nitrogens with zero attached hydrogens (tertiary/aromatic N) is 1. The Hall–Kier alpha value is -1.55. The van der Waals surface area contributed by atoms with Gasteiger partial charge in [0.1, 0.15) is 0 Å². The van der Waals surface area contributed by atoms with Crippen molar-refractivity contribution >= 4 is 6.03 Å². The summed E-state index contributed by atoms with van der Waals surface area (Å²) in [6.07, 6.45) is 2.41. The number of carbonyl (C=O) groups is 1. The van der Waals surface area contributed by atoms with Crippen molar-refractivity contribution in [3.63, 3.8) is 0 Å². The average molecular weight is 332 g/mol. The first kappa shape index (κ1) is 18.8. The number of carbonyl (C=O) groups excluding carboxylic acids is 1. The standard InChI is InChI=1S/C20H32N2O2/c1-14(2)13-19(18-8-6-5-7-15(18)3)21-20(24)22-11-9-17(10-12-22)16(4)23/h5-8,14,16-17,19,23H,9-13H2,1-4H3,(H,21,24). The van der Waals surface area contributed by atoms with Crippen molar-refractivity contribution in [2.24, 2.45) is 11.8 Å². The van der Waals surface area contributed by atoms with Crippen LogP contribution in [0.3, 0.4) is 0 Å². The Morgan fingerprint density at radius 3 is 2.42 bits per heavy atom. The summed E-state index contributed by atoms with van der Waals surface area (Å²) in [5.74, 6) is 0.827. The molecular formula is C20H32N2O2. The average Bonchev–Trinajstić information content (AvgIpc) is 2.54. The van der Waals surface area contributed by atoms with E-state index in [9.17, 15) is 9.90 Å². The number of aryl methyl sites for hydroxylation is 1. The van der Waals surface area contributed by atoms with Crippen LogP contribution in [0.15, 0.2) is 24.3 Å². The number of urea groups is 1. The Bertz CT molecular complexity index is 534. The molecule has 0 aromatic heterocycles. The van der Waals surface area contributed by atoms with Crippen LogP contribution in [0, 0.1) is 18.8 Å². The molecule has 0 aliphatic carbocycles. The fourth-order valence-corrected chi connectivity index (χ4v) is 3.54. The van der Waals surface area contributed by atoms with E-state index in [1.165, 1.54) is 11.1 Å². The first-order chi connectivity index (χ1) is 11.4. The van der Waals surface area contributed by atoms with Gasteiger partial charge >= 0.3 is 6.03 Å². The van der Waals surface area contributed by atoms with Crippen LogP contribution in [0.4, 0.5) is 4.79 Å². The lowest BCUT2D eigenvalue weighted by atomic mass is 9.92. The lowest BCUT2D eigenvalue weighted by molar-refractivity contribution is 0.0791. The smallest absolute Gasteiger partial charge is 0.317 e. The zero-order valence-electron chi connectivity index (χ0n) is 15.5. The second-order valence-corrected chi connectivity index (χ2v) is 7.55. The van der Waals surface area contributed by atoms with Crippen molar-refractivity contribution in [1.82, 2.24) is 10.2 Å². The summed E-state index contributed by atoms with van der Waals surface area (Å²) in [5, 5.41) is 13.0. The summed E-state index contributed by atoms with van der Waals surface area (Å²) < 4.78 is 0. The van der Waals surface area contributed by atoms with Gasteiger partial charge in [-0.05, 0) is 56.1 Å². The number of benzene rings is 1. The fraction of sp³-hybridized carbons (Fsp3) is 0.650. The molecule has 1 aromatic carbocycles. The van der Waals surface area contributed by atoms with Crippen molar-refractivity contribution in [3.05, 3.63) is 35.4 Å². The number of rotatable bonds is 5. The molecule has 1 aromatic rings. The predicted octanol–water partition coefficient (Wildman–Crippen LogP) is 3.88. The maximum atomic E-state index is 12.7. The van der Waals surface area contributed by atoms with Crippen molar-refractivity contribution in [3.8, 4) is 0 Å². The van der Waals surface area contributed by atoms with E-state index in [1.54, 1.807) is 0 Å². The molecule has 1 saturated heterocycles. The third-order valence-corrected chi connectivity index (χ3v) is 5.08. The number of aliphatic hydroxyl groups is 1. The molecule has 4 nitrogen and oxygen atoms in total. The van der Waals surface area contributed by atoms with Gasteiger partial charge in [-0.3, -0.25) is 0 Å². The third kappa shape index (κ3) is 4.97. The molecule has 1 fully saturated rings. The molecule has 4 heteroatoms. The molecule has 0 saturated carbocycles. The Balaban J connectivity index is 2.02. The van der Waals surface area contributed by atoms with Gasteiger partial charge in [-0.1, -0.05) is 38.1 Å². The van der Waals surface area contributed by atoms with Crippen molar-refractivity contribution in [2.75, 3.05) is 13.1 Å². The Labute approximate surface area is 146 Å². The van der Waals surface area contributed by atoms with Gasteiger partial charge in [0.25, 0.3) is 0 Å². The zero-order valence-corrected chi connectivity index (χ0v) is 15.5. The normalized spacial score (nSPS) is 18.5. The van der Waals surface area contributed by atoms with Crippen LogP contribution in [0.2, 0.25) is 0 Å². The number of nitrogens with one attached hydrogen (secondary N) is 1. The highest BCUT2D eigenvalue weighted by Crippen LogP contribution is 2.25. The lowest BCUT2D eigenvalue weighted by Gasteiger charge is -2.34. The maximum Gasteiger partial charge on any atom is 0.317 e. The van der Waals surface area contributed by atoms with E-state index in [2.05, 4.69) is 38.2 Å². The summed E-state index contributed by atoms with van der Waals surface area (Å²) >= 11 is 0. The second-order valence-electron chi connectivity index (χ2n) is 7.55. The van der Waals surface area contributed by atoms with Gasteiger partial charge < -0.3 is 15.3 Å². The summed E-state index contributed by atoms with van der Waals surface area (Å²) in [7, 11) is 0. The van der Waals surface area contributed by atoms with Crippen molar-refractivity contribution in [1.29, 1.82) is 0 Å². The minimum Gasteiger partial charge on any atom is -0.393 e. The molecule has 1 aliphatic heterocycles. The second kappa shape index (κ2) is 8.52. The van der Waals surface area contributed by atoms with Crippen LogP contribution in [0.5, 0.6) is 0 Å². The van der Waals surface area contributed by atoms with E-state index in [0.717, 1.165) is 32.4 Å². The van der Waals surface area contributed by atoms with E-state index >= 15 is 0 Å². The highest BCUT2D eigenvalue weighted by atomic mass is 16.3. The molecule has 24 heavy (non-hydrogen) atoms. The van der Waals surface area contributed by atoms with Gasteiger partial charge in [0, 0.05) is 13.1 Å². The highest BCUT2D eigenvalue weighted by molar-refractivity contribution is 5.75. The van der Waals surface area contributed by atoms with E-state index in [4.69, 9.17) is 0 Å². The molecule has 1 heterocycles.